The zero-order valence-electron chi connectivity index (χ0n) is 9.62. The summed E-state index contributed by atoms with van der Waals surface area (Å²) in [5.41, 5.74) is 6.89. The van der Waals surface area contributed by atoms with Crippen molar-refractivity contribution in [2.24, 2.45) is 0 Å². The number of carboxylic acids is 1. The summed E-state index contributed by atoms with van der Waals surface area (Å²) in [6, 6.07) is 4.83. The van der Waals surface area contributed by atoms with Crippen LogP contribution in [0.1, 0.15) is 15.9 Å². The lowest BCUT2D eigenvalue weighted by atomic mass is 10.2. The lowest BCUT2D eigenvalue weighted by molar-refractivity contribution is 0.0698. The number of aromatic nitrogens is 2. The summed E-state index contributed by atoms with van der Waals surface area (Å²) < 4.78 is 0. The molecule has 1 aromatic heterocycles. The summed E-state index contributed by atoms with van der Waals surface area (Å²) >= 11 is 1.30. The van der Waals surface area contributed by atoms with E-state index < -0.39 is 5.97 Å². The van der Waals surface area contributed by atoms with Crippen LogP contribution in [0.5, 0.6) is 0 Å². The maximum atomic E-state index is 11.0. The number of nitrogens with two attached hydrogens (primary N) is 1. The number of benzene rings is 1. The second-order valence-corrected chi connectivity index (χ2v) is 4.74. The molecule has 0 saturated carbocycles. The normalized spacial score (nSPS) is 10.3. The molecule has 6 heteroatoms. The number of aromatic carboxylic acids is 1. The summed E-state index contributed by atoms with van der Waals surface area (Å²) in [7, 11) is 0. The molecule has 0 atom stereocenters. The lowest BCUT2D eigenvalue weighted by Crippen LogP contribution is -2.02. The Morgan fingerprint density at radius 1 is 1.33 bits per heavy atom. The van der Waals surface area contributed by atoms with Crippen LogP contribution in [0.4, 0.5) is 5.69 Å². The van der Waals surface area contributed by atoms with Crippen LogP contribution in [0.25, 0.3) is 0 Å². The minimum atomic E-state index is -1.04. The Hall–Kier alpha value is -2.08. The van der Waals surface area contributed by atoms with Crippen molar-refractivity contribution >= 4 is 23.4 Å². The summed E-state index contributed by atoms with van der Waals surface area (Å²) in [5.74, 6) is -1.04. The number of nitrogen functional groups attached to an aromatic ring is 1. The van der Waals surface area contributed by atoms with Crippen molar-refractivity contribution in [3.8, 4) is 0 Å². The predicted molar refractivity (Wildman–Crippen MR) is 68.7 cm³/mol. The van der Waals surface area contributed by atoms with Crippen LogP contribution in [-0.2, 0) is 0 Å². The van der Waals surface area contributed by atoms with Crippen LogP contribution in [0.15, 0.2) is 40.6 Å². The third-order valence-electron chi connectivity index (χ3n) is 2.22. The fourth-order valence-electron chi connectivity index (χ4n) is 1.32. The van der Waals surface area contributed by atoms with Gasteiger partial charge in [0, 0.05) is 23.0 Å². The smallest absolute Gasteiger partial charge is 0.337 e. The molecule has 0 aliphatic carbocycles. The lowest BCUT2D eigenvalue weighted by Gasteiger charge is -2.04. The highest BCUT2D eigenvalue weighted by atomic mass is 32.2. The average Bonchev–Trinajstić information content (AvgIpc) is 2.34. The Morgan fingerprint density at radius 2 is 2.00 bits per heavy atom. The van der Waals surface area contributed by atoms with Gasteiger partial charge in [0.1, 0.15) is 0 Å². The molecule has 1 aromatic carbocycles. The van der Waals surface area contributed by atoms with E-state index in [1.807, 2.05) is 6.92 Å². The second kappa shape index (κ2) is 5.05. The summed E-state index contributed by atoms with van der Waals surface area (Å²) in [6.07, 6.45) is 3.43. The molecule has 0 fully saturated rings. The molecule has 0 radical (unpaired) electrons. The van der Waals surface area contributed by atoms with Gasteiger partial charge >= 0.3 is 5.97 Å². The van der Waals surface area contributed by atoms with Crippen LogP contribution < -0.4 is 5.73 Å². The van der Waals surface area contributed by atoms with Crippen LogP contribution in [0.2, 0.25) is 0 Å². The van der Waals surface area contributed by atoms with Crippen LogP contribution >= 0.6 is 11.8 Å². The molecule has 0 bridgehead atoms. The van der Waals surface area contributed by atoms with E-state index in [1.165, 1.54) is 17.8 Å². The maximum absolute atomic E-state index is 11.0. The highest BCUT2D eigenvalue weighted by molar-refractivity contribution is 7.99. The fraction of sp³-hybridized carbons (Fsp3) is 0.0833. The largest absolute Gasteiger partial charge is 0.478 e. The van der Waals surface area contributed by atoms with E-state index in [2.05, 4.69) is 9.97 Å². The van der Waals surface area contributed by atoms with Gasteiger partial charge in [-0.25, -0.2) is 14.8 Å². The molecule has 5 nitrogen and oxygen atoms in total. The molecule has 92 valence electrons. The maximum Gasteiger partial charge on any atom is 0.337 e. The van der Waals surface area contributed by atoms with E-state index in [0.717, 1.165) is 10.5 Å². The van der Waals surface area contributed by atoms with Crippen molar-refractivity contribution in [2.45, 2.75) is 17.0 Å². The molecule has 0 unspecified atom stereocenters. The molecular formula is C12H11N3O2S. The van der Waals surface area contributed by atoms with Gasteiger partial charge in [0.15, 0.2) is 5.16 Å². The molecule has 0 saturated heterocycles. The Balaban J connectivity index is 2.27. The second-order valence-electron chi connectivity index (χ2n) is 3.70. The zero-order valence-corrected chi connectivity index (χ0v) is 10.4. The zero-order chi connectivity index (χ0) is 13.1. The number of nitrogens with zero attached hydrogens (tertiary/aromatic N) is 2. The van der Waals surface area contributed by atoms with Gasteiger partial charge in [0.25, 0.3) is 0 Å². The average molecular weight is 261 g/mol. The van der Waals surface area contributed by atoms with Crippen LogP contribution in [0, 0.1) is 6.92 Å². The number of hydrogen-bond donors (Lipinski definition) is 2. The van der Waals surface area contributed by atoms with Crippen molar-refractivity contribution in [1.82, 2.24) is 9.97 Å². The molecule has 2 rings (SSSR count). The number of carbonyl (C=O) groups is 1. The SMILES string of the molecule is Cc1cnc(Sc2ccc(N)c(C(=O)O)c2)nc1. The molecular weight excluding hydrogens is 250 g/mol. The molecule has 0 amide bonds. The van der Waals surface area contributed by atoms with Gasteiger partial charge in [-0.15, -0.1) is 0 Å². The monoisotopic (exact) mass is 261 g/mol. The topological polar surface area (TPSA) is 89.1 Å². The number of carboxylic acid groups (broad SMARTS) is 1. The van der Waals surface area contributed by atoms with Crippen molar-refractivity contribution in [3.63, 3.8) is 0 Å². The van der Waals surface area contributed by atoms with Gasteiger partial charge < -0.3 is 10.8 Å². The van der Waals surface area contributed by atoms with Crippen LogP contribution in [0.3, 0.4) is 0 Å². The Morgan fingerprint density at radius 3 is 2.61 bits per heavy atom. The number of rotatable bonds is 3. The van der Waals surface area contributed by atoms with Gasteiger partial charge in [-0.1, -0.05) is 0 Å². The first-order chi connectivity index (χ1) is 8.56. The predicted octanol–water partition coefficient (Wildman–Crippen LogP) is 2.22. The highest BCUT2D eigenvalue weighted by Crippen LogP contribution is 2.27. The van der Waals surface area contributed by atoms with Gasteiger partial charge in [-0.3, -0.25) is 0 Å². The third kappa shape index (κ3) is 2.78. The van der Waals surface area contributed by atoms with E-state index in [-0.39, 0.29) is 11.3 Å². The minimum Gasteiger partial charge on any atom is -0.478 e. The quantitative estimate of drug-likeness (QED) is 0.650. The van der Waals surface area contributed by atoms with Crippen LogP contribution in [-0.4, -0.2) is 21.0 Å². The first-order valence-electron chi connectivity index (χ1n) is 5.15. The van der Waals surface area contributed by atoms with Crippen molar-refractivity contribution in [2.75, 3.05) is 5.73 Å². The first kappa shape index (κ1) is 12.4. The fourth-order valence-corrected chi connectivity index (χ4v) is 2.06. The van der Waals surface area contributed by atoms with E-state index in [4.69, 9.17) is 10.8 Å². The van der Waals surface area contributed by atoms with E-state index in [0.29, 0.717) is 5.16 Å². The summed E-state index contributed by atoms with van der Waals surface area (Å²) in [6.45, 7) is 1.90. The van der Waals surface area contributed by atoms with Gasteiger partial charge in [0.05, 0.1) is 5.56 Å². The molecule has 3 N–H and O–H groups in total. The Labute approximate surface area is 108 Å². The summed E-state index contributed by atoms with van der Waals surface area (Å²) in [5, 5.41) is 9.54. The molecule has 0 aliphatic heterocycles. The first-order valence-corrected chi connectivity index (χ1v) is 5.97. The molecule has 2 aromatic rings. The van der Waals surface area contributed by atoms with Crippen molar-refractivity contribution in [3.05, 3.63) is 41.7 Å². The van der Waals surface area contributed by atoms with Gasteiger partial charge in [-0.05, 0) is 42.4 Å². The minimum absolute atomic E-state index is 0.0899. The van der Waals surface area contributed by atoms with Gasteiger partial charge in [0.2, 0.25) is 0 Å². The summed E-state index contributed by atoms with van der Waals surface area (Å²) in [4.78, 5) is 20.0. The Kier molecular flexibility index (Phi) is 3.47. The molecule has 0 spiro atoms. The Bertz CT molecular complexity index is 584. The van der Waals surface area contributed by atoms with Gasteiger partial charge in [-0.2, -0.15) is 0 Å². The molecule has 18 heavy (non-hydrogen) atoms. The van der Waals surface area contributed by atoms with E-state index in [1.54, 1.807) is 24.5 Å². The van der Waals surface area contributed by atoms with Crippen molar-refractivity contribution < 1.29 is 9.90 Å². The van der Waals surface area contributed by atoms with E-state index >= 15 is 0 Å². The number of aryl methyl sites for hydroxylation is 1. The number of anilines is 1. The third-order valence-corrected chi connectivity index (χ3v) is 3.10. The van der Waals surface area contributed by atoms with E-state index in [9.17, 15) is 4.79 Å². The standard InChI is InChI=1S/C12H11N3O2S/c1-7-5-14-12(15-6-7)18-8-2-3-10(13)9(4-8)11(16)17/h2-6H,13H2,1H3,(H,16,17). The molecule has 1 heterocycles. The molecule has 0 aliphatic rings. The highest BCUT2D eigenvalue weighted by Gasteiger charge is 2.09. The number of hydrogen-bond acceptors (Lipinski definition) is 5. The van der Waals surface area contributed by atoms with Crippen molar-refractivity contribution in [1.29, 1.82) is 0 Å².